The van der Waals surface area contributed by atoms with Crippen molar-refractivity contribution in [2.75, 3.05) is 7.11 Å². The number of ether oxygens (including phenoxy) is 1. The monoisotopic (exact) mass is 396 g/mol. The molecule has 0 saturated carbocycles. The summed E-state index contributed by atoms with van der Waals surface area (Å²) in [5, 5.41) is 25.1. The van der Waals surface area contributed by atoms with Crippen LogP contribution in [0.4, 0.5) is 5.00 Å². The Morgan fingerprint density at radius 3 is 2.82 bits per heavy atom. The number of rotatable bonds is 4. The van der Waals surface area contributed by atoms with Crippen molar-refractivity contribution < 1.29 is 19.0 Å². The Kier molecular flexibility index (Phi) is 4.71. The van der Waals surface area contributed by atoms with E-state index in [0.29, 0.717) is 22.0 Å². The van der Waals surface area contributed by atoms with Gasteiger partial charge in [0, 0.05) is 17.0 Å². The van der Waals surface area contributed by atoms with Gasteiger partial charge in [-0.2, -0.15) is 5.26 Å². The lowest BCUT2D eigenvalue weighted by Crippen LogP contribution is -2.44. The highest BCUT2D eigenvalue weighted by molar-refractivity contribution is 7.16. The van der Waals surface area contributed by atoms with Gasteiger partial charge in [-0.3, -0.25) is 4.52 Å². The van der Waals surface area contributed by atoms with E-state index >= 15 is 0 Å². The second-order valence-corrected chi connectivity index (χ2v) is 7.37. The summed E-state index contributed by atoms with van der Waals surface area (Å²) in [5.74, 6) is -0.128. The fraction of sp³-hybridized carbons (Fsp3) is 0.263. The number of nitrogens with one attached hydrogen (secondary N) is 1. The summed E-state index contributed by atoms with van der Waals surface area (Å²) < 4.78 is 11.2. The van der Waals surface area contributed by atoms with Crippen molar-refractivity contribution in [2.24, 2.45) is 4.99 Å². The van der Waals surface area contributed by atoms with Gasteiger partial charge in [-0.25, -0.2) is 9.79 Å². The number of hydrogen-bond donors (Lipinski definition) is 1. The van der Waals surface area contributed by atoms with Crippen LogP contribution in [0.5, 0.6) is 5.75 Å². The molecule has 0 unspecified atom stereocenters. The van der Waals surface area contributed by atoms with E-state index in [1.54, 1.807) is 31.4 Å². The number of H-pyrrole nitrogens is 1. The molecule has 8 nitrogen and oxygen atoms in total. The minimum atomic E-state index is -0.829. The highest BCUT2D eigenvalue weighted by Gasteiger charge is 2.25. The van der Waals surface area contributed by atoms with Gasteiger partial charge >= 0.3 is 11.3 Å². The zero-order chi connectivity index (χ0) is 19.7. The number of nitriles is 1. The molecule has 1 aliphatic carbocycles. The summed E-state index contributed by atoms with van der Waals surface area (Å²) in [4.78, 5) is 17.3. The van der Waals surface area contributed by atoms with Gasteiger partial charge in [0.2, 0.25) is 5.69 Å². The molecule has 0 fully saturated rings. The van der Waals surface area contributed by atoms with Crippen molar-refractivity contribution in [1.29, 1.82) is 5.26 Å². The second kappa shape index (κ2) is 7.32. The maximum Gasteiger partial charge on any atom is 0.436 e. The third-order valence-electron chi connectivity index (χ3n) is 4.65. The van der Waals surface area contributed by atoms with Crippen LogP contribution in [0, 0.1) is 11.3 Å². The number of aromatic amines is 1. The quantitative estimate of drug-likeness (QED) is 0.407. The second-order valence-electron chi connectivity index (χ2n) is 6.28. The first-order chi connectivity index (χ1) is 13.6. The highest BCUT2D eigenvalue weighted by Crippen LogP contribution is 2.39. The summed E-state index contributed by atoms with van der Waals surface area (Å²) in [7, 11) is 1.54. The summed E-state index contributed by atoms with van der Waals surface area (Å²) in [5.41, 5.74) is 0.833. The molecule has 28 heavy (non-hydrogen) atoms. The van der Waals surface area contributed by atoms with E-state index in [0.717, 1.165) is 36.1 Å². The number of benzene rings is 1. The number of aromatic nitrogens is 2. The summed E-state index contributed by atoms with van der Waals surface area (Å²) in [6.45, 7) is 0. The fourth-order valence-corrected chi connectivity index (χ4v) is 4.47. The van der Waals surface area contributed by atoms with Crippen molar-refractivity contribution in [1.82, 2.24) is 5.27 Å². The van der Waals surface area contributed by atoms with Crippen LogP contribution in [0.2, 0.25) is 0 Å². The van der Waals surface area contributed by atoms with Crippen LogP contribution in [-0.4, -0.2) is 18.3 Å². The van der Waals surface area contributed by atoms with E-state index in [1.807, 2.05) is 0 Å². The molecular formula is C19H16N4O4S. The van der Waals surface area contributed by atoms with Crippen LogP contribution >= 0.6 is 11.3 Å². The number of methoxy groups -OCH3 is 1. The molecule has 0 saturated heterocycles. The molecule has 4 rings (SSSR count). The van der Waals surface area contributed by atoms with Crippen LogP contribution in [0.15, 0.2) is 38.6 Å². The standard InChI is InChI=1S/C19H16N4O4S/c1-26-12-8-6-11(7-9-12)23-16(19(25)27-22-23)17(24)21-18-14(10-20)13-4-2-3-5-15(13)28-18/h6-9H,2-5H2,1H3,(H-,21,22,24,25). The van der Waals surface area contributed by atoms with Gasteiger partial charge in [0.25, 0.3) is 0 Å². The van der Waals surface area contributed by atoms with Crippen molar-refractivity contribution in [3.8, 4) is 17.5 Å². The molecule has 0 radical (unpaired) electrons. The predicted octanol–water partition coefficient (Wildman–Crippen LogP) is 1.50. The molecule has 1 aliphatic rings. The van der Waals surface area contributed by atoms with E-state index in [9.17, 15) is 15.2 Å². The lowest BCUT2D eigenvalue weighted by Gasteiger charge is -2.09. The zero-order valence-corrected chi connectivity index (χ0v) is 15.8. The van der Waals surface area contributed by atoms with Crippen LogP contribution in [-0.2, 0) is 12.8 Å². The minimum absolute atomic E-state index is 0.263. The van der Waals surface area contributed by atoms with Gasteiger partial charge in [0.05, 0.1) is 18.6 Å². The Labute approximate surface area is 163 Å². The summed E-state index contributed by atoms with van der Waals surface area (Å²) in [6.07, 6.45) is 3.78. The van der Waals surface area contributed by atoms with Crippen LogP contribution in [0.3, 0.4) is 0 Å². The number of nitrogens with zero attached hydrogens (tertiary/aromatic N) is 3. The maximum atomic E-state index is 12.8. The molecule has 3 aromatic rings. The molecule has 9 heteroatoms. The molecule has 1 N–H and O–H groups in total. The average Bonchev–Trinajstić information content (AvgIpc) is 3.27. The van der Waals surface area contributed by atoms with Gasteiger partial charge in [0.1, 0.15) is 16.8 Å². The molecule has 142 valence electrons. The third kappa shape index (κ3) is 3.08. The first-order valence-electron chi connectivity index (χ1n) is 8.71. The minimum Gasteiger partial charge on any atom is -0.854 e. The molecule has 0 amide bonds. The van der Waals surface area contributed by atoms with E-state index in [1.165, 1.54) is 16.0 Å². The van der Waals surface area contributed by atoms with E-state index in [4.69, 9.17) is 9.26 Å². The molecule has 0 spiro atoms. The number of thiophene rings is 1. The maximum absolute atomic E-state index is 12.8. The number of aryl methyl sites for hydroxylation is 1. The summed E-state index contributed by atoms with van der Waals surface area (Å²) in [6, 6.07) is 8.90. The number of fused-ring (bicyclic) bond motifs is 1. The van der Waals surface area contributed by atoms with Crippen molar-refractivity contribution in [2.45, 2.75) is 25.7 Å². The third-order valence-corrected chi connectivity index (χ3v) is 5.83. The van der Waals surface area contributed by atoms with Crippen LogP contribution in [0.25, 0.3) is 5.69 Å². The Bertz CT molecular complexity index is 1150. The fourth-order valence-electron chi connectivity index (χ4n) is 3.26. The largest absolute Gasteiger partial charge is 0.854 e. The van der Waals surface area contributed by atoms with E-state index in [-0.39, 0.29) is 5.69 Å². The Morgan fingerprint density at radius 1 is 1.36 bits per heavy atom. The number of hydrogen-bond acceptors (Lipinski definition) is 7. The lowest BCUT2D eigenvalue weighted by molar-refractivity contribution is -0.673. The normalized spacial score (nSPS) is 13.8. The van der Waals surface area contributed by atoms with Gasteiger partial charge in [0.15, 0.2) is 0 Å². The van der Waals surface area contributed by atoms with Crippen molar-refractivity contribution >= 4 is 22.2 Å². The van der Waals surface area contributed by atoms with Crippen LogP contribution < -0.4 is 20.2 Å². The molecule has 0 aliphatic heterocycles. The van der Waals surface area contributed by atoms with Crippen molar-refractivity contribution in [3.63, 3.8) is 0 Å². The molecular weight excluding hydrogens is 380 g/mol. The van der Waals surface area contributed by atoms with Gasteiger partial charge < -0.3 is 9.84 Å². The Hall–Kier alpha value is -3.38. The summed E-state index contributed by atoms with van der Waals surface area (Å²) >= 11 is 1.35. The predicted molar refractivity (Wildman–Crippen MR) is 99.3 cm³/mol. The average molecular weight is 396 g/mol. The zero-order valence-electron chi connectivity index (χ0n) is 15.0. The SMILES string of the molecule is COc1ccc(-[n+]2[nH]oc(=O)c2/C([O-])=N/c2sc3c(c2C#N)CCCC3)cc1. The molecule has 0 atom stereocenters. The van der Waals surface area contributed by atoms with Gasteiger partial charge in [-0.1, -0.05) is 0 Å². The number of aliphatic imine (C=N–C) groups is 1. The Morgan fingerprint density at radius 2 is 2.11 bits per heavy atom. The first-order valence-corrected chi connectivity index (χ1v) is 9.52. The topological polar surface area (TPSA) is 118 Å². The van der Waals surface area contributed by atoms with E-state index < -0.39 is 11.5 Å². The highest BCUT2D eigenvalue weighted by atomic mass is 32.1. The van der Waals surface area contributed by atoms with Crippen LogP contribution in [0.1, 0.15) is 34.5 Å². The lowest BCUT2D eigenvalue weighted by atomic mass is 9.96. The molecule has 2 heterocycles. The van der Waals surface area contributed by atoms with Gasteiger partial charge in [-0.05, 0) is 53.3 Å². The molecule has 0 bridgehead atoms. The Balaban J connectivity index is 1.78. The molecule has 2 aromatic heterocycles. The van der Waals surface area contributed by atoms with Crippen molar-refractivity contribution in [3.05, 3.63) is 56.4 Å². The van der Waals surface area contributed by atoms with E-state index in [2.05, 4.69) is 16.3 Å². The molecule has 1 aromatic carbocycles. The van der Waals surface area contributed by atoms with Gasteiger partial charge in [-0.15, -0.1) is 11.3 Å². The first kappa shape index (κ1) is 18.0. The smallest absolute Gasteiger partial charge is 0.436 e.